The molecule has 0 spiro atoms. The van der Waals surface area contributed by atoms with Crippen molar-refractivity contribution in [2.24, 2.45) is 5.92 Å². The van der Waals surface area contributed by atoms with Gasteiger partial charge in [-0.05, 0) is 18.2 Å². The number of aromatic nitrogens is 2. The number of nitrogens with one attached hydrogen (secondary N) is 1. The van der Waals surface area contributed by atoms with Crippen LogP contribution in [0.1, 0.15) is 25.6 Å². The lowest BCUT2D eigenvalue weighted by Crippen LogP contribution is -2.59. The number of fused-ring (bicyclic) bond motifs is 1. The van der Waals surface area contributed by atoms with Crippen molar-refractivity contribution < 1.29 is 44.2 Å². The van der Waals surface area contributed by atoms with Gasteiger partial charge in [0, 0.05) is 5.92 Å². The van der Waals surface area contributed by atoms with E-state index < -0.39 is 60.6 Å². The van der Waals surface area contributed by atoms with Crippen LogP contribution in [0.25, 0.3) is 10.9 Å². The van der Waals surface area contributed by atoms with E-state index in [4.69, 9.17) is 14.2 Å². The number of carbonyl (C=O) groups is 2. The number of methoxy groups -OCH3 is 2. The van der Waals surface area contributed by atoms with Crippen molar-refractivity contribution in [3.63, 3.8) is 0 Å². The van der Waals surface area contributed by atoms with Gasteiger partial charge in [-0.3, -0.25) is 4.79 Å². The van der Waals surface area contributed by atoms with E-state index in [1.54, 1.807) is 26.0 Å². The molecule has 1 aromatic heterocycles. The van der Waals surface area contributed by atoms with Gasteiger partial charge in [-0.1, -0.05) is 13.8 Å². The number of carboxylic acid groups (broad SMARTS) is 1. The number of aliphatic hydroxyl groups excluding tert-OH is 3. The Balaban J connectivity index is 2.32. The number of nitrogens with zero attached hydrogens (tertiary/aromatic N) is 3. The summed E-state index contributed by atoms with van der Waals surface area (Å²) in [6, 6.07) is 2.83. The molecule has 3 rings (SSSR count). The van der Waals surface area contributed by atoms with Gasteiger partial charge in [0.25, 0.3) is 0 Å². The van der Waals surface area contributed by atoms with Crippen LogP contribution in [0.4, 0.5) is 0 Å². The average molecular weight is 504 g/mol. The Labute approximate surface area is 206 Å². The van der Waals surface area contributed by atoms with E-state index in [0.717, 1.165) is 6.08 Å². The minimum absolute atomic E-state index is 0.0339. The first-order valence-corrected chi connectivity index (χ1v) is 11.0. The number of hydrogen-bond donors (Lipinski definition) is 5. The fourth-order valence-corrected chi connectivity index (χ4v) is 3.98. The van der Waals surface area contributed by atoms with Crippen LogP contribution in [0, 0.1) is 17.2 Å². The third-order valence-corrected chi connectivity index (χ3v) is 5.87. The van der Waals surface area contributed by atoms with Gasteiger partial charge in [0.2, 0.25) is 11.7 Å². The van der Waals surface area contributed by atoms with Gasteiger partial charge in [0.05, 0.1) is 38.3 Å². The Morgan fingerprint density at radius 2 is 1.89 bits per heavy atom. The highest BCUT2D eigenvalue weighted by atomic mass is 16.5. The van der Waals surface area contributed by atoms with Crippen molar-refractivity contribution in [2.45, 2.75) is 44.2 Å². The molecule has 0 saturated carbocycles. The van der Waals surface area contributed by atoms with Crippen molar-refractivity contribution in [1.29, 1.82) is 5.26 Å². The Bertz CT molecular complexity index is 1220. The van der Waals surface area contributed by atoms with Crippen LogP contribution in [0.2, 0.25) is 0 Å². The van der Waals surface area contributed by atoms with Gasteiger partial charge in [0.1, 0.15) is 41.4 Å². The zero-order valence-electron chi connectivity index (χ0n) is 20.1. The number of carboxylic acids is 1. The summed E-state index contributed by atoms with van der Waals surface area (Å²) >= 11 is 0. The maximum Gasteiger partial charge on any atom is 0.370 e. The van der Waals surface area contributed by atoms with Crippen molar-refractivity contribution >= 4 is 22.8 Å². The third-order valence-electron chi connectivity index (χ3n) is 5.87. The number of ether oxygens (including phenoxy) is 3. The van der Waals surface area contributed by atoms with Crippen molar-refractivity contribution in [1.82, 2.24) is 15.1 Å². The second kappa shape index (κ2) is 10.8. The summed E-state index contributed by atoms with van der Waals surface area (Å²) in [5, 5.41) is 57.4. The van der Waals surface area contributed by atoms with E-state index in [1.807, 2.05) is 6.07 Å². The molecule has 5 N–H and O–H groups in total. The number of aliphatic hydroxyl groups is 3. The van der Waals surface area contributed by atoms with E-state index >= 15 is 0 Å². The third kappa shape index (κ3) is 4.78. The fraction of sp³-hybridized carbons (Fsp3) is 0.478. The highest BCUT2D eigenvalue weighted by molar-refractivity contribution is 5.94. The maximum atomic E-state index is 12.7. The van der Waals surface area contributed by atoms with Gasteiger partial charge in [-0.15, -0.1) is 0 Å². The van der Waals surface area contributed by atoms with Gasteiger partial charge in [-0.25, -0.2) is 9.48 Å². The molecule has 0 radical (unpaired) electrons. The molecular weight excluding hydrogens is 476 g/mol. The summed E-state index contributed by atoms with van der Waals surface area (Å²) in [6.45, 7) is 2.39. The molecule has 5 atom stereocenters. The largest absolute Gasteiger partial charge is 0.496 e. The first kappa shape index (κ1) is 26.7. The molecule has 0 saturated heterocycles. The molecule has 2 aromatic rings. The van der Waals surface area contributed by atoms with E-state index in [2.05, 4.69) is 10.4 Å². The fourth-order valence-electron chi connectivity index (χ4n) is 3.98. The van der Waals surface area contributed by atoms with Crippen molar-refractivity contribution in [3.8, 4) is 17.6 Å². The first-order chi connectivity index (χ1) is 17.1. The van der Waals surface area contributed by atoms with Crippen LogP contribution >= 0.6 is 0 Å². The van der Waals surface area contributed by atoms with Crippen LogP contribution in [-0.2, 0) is 14.3 Å². The van der Waals surface area contributed by atoms with Gasteiger partial charge in [-0.2, -0.15) is 10.4 Å². The SMILES string of the molecule is COc1ccc(OC)c2c(C#N)n([C@H]3C=C(C(=O)O)O[C@@H]([C@H](O)[C@H](O)CO)[C@@H]3NC(=O)C(C)C)nc12. The number of benzene rings is 1. The highest BCUT2D eigenvalue weighted by Gasteiger charge is 2.46. The Morgan fingerprint density at radius 1 is 1.25 bits per heavy atom. The van der Waals surface area contributed by atoms with Crippen LogP contribution in [0.15, 0.2) is 24.0 Å². The molecule has 13 nitrogen and oxygen atoms in total. The first-order valence-electron chi connectivity index (χ1n) is 11.0. The van der Waals surface area contributed by atoms with E-state index in [9.17, 15) is 35.3 Å². The summed E-state index contributed by atoms with van der Waals surface area (Å²) in [4.78, 5) is 24.6. The summed E-state index contributed by atoms with van der Waals surface area (Å²) in [5.74, 6) is -2.46. The monoisotopic (exact) mass is 504 g/mol. The molecule has 0 unspecified atom stereocenters. The predicted octanol–water partition coefficient (Wildman–Crippen LogP) is -0.312. The van der Waals surface area contributed by atoms with E-state index in [1.165, 1.54) is 18.9 Å². The van der Waals surface area contributed by atoms with Crippen LogP contribution in [0.5, 0.6) is 11.5 Å². The van der Waals surface area contributed by atoms with Crippen LogP contribution in [0.3, 0.4) is 0 Å². The number of nitriles is 1. The van der Waals surface area contributed by atoms with Gasteiger partial charge in [0.15, 0.2) is 5.69 Å². The second-order valence-electron chi connectivity index (χ2n) is 8.44. The minimum Gasteiger partial charge on any atom is -0.496 e. The summed E-state index contributed by atoms with van der Waals surface area (Å²) < 4.78 is 17.4. The van der Waals surface area contributed by atoms with E-state index in [-0.39, 0.29) is 16.6 Å². The zero-order chi connectivity index (χ0) is 26.7. The normalized spacial score (nSPS) is 21.2. The molecule has 1 aliphatic heterocycles. The minimum atomic E-state index is -1.81. The smallest absolute Gasteiger partial charge is 0.370 e. The summed E-state index contributed by atoms with van der Waals surface area (Å²) in [6.07, 6.45) is -3.90. The van der Waals surface area contributed by atoms with Gasteiger partial charge < -0.3 is 40.0 Å². The highest BCUT2D eigenvalue weighted by Crippen LogP contribution is 2.38. The lowest BCUT2D eigenvalue weighted by Gasteiger charge is -2.40. The standard InChI is InChI=1S/C23H28N4O9/c1-10(2)22(31)25-18-11(7-16(23(32)33)36-21(18)20(30)13(29)9-28)27-12(8-24)17-14(34-3)5-6-15(35-4)19(17)26-27/h5-7,10-11,13,18,20-21,28-30H,9H2,1-4H3,(H,25,31)(H,32,33)/t11-,13+,18+,20+,21+/m0/s1. The van der Waals surface area contributed by atoms with E-state index in [0.29, 0.717) is 11.5 Å². The quantitative estimate of drug-likeness (QED) is 0.300. The molecule has 194 valence electrons. The van der Waals surface area contributed by atoms with Crippen LogP contribution < -0.4 is 14.8 Å². The van der Waals surface area contributed by atoms with Crippen molar-refractivity contribution in [2.75, 3.05) is 20.8 Å². The number of aliphatic carboxylic acids is 1. The second-order valence-corrected chi connectivity index (χ2v) is 8.44. The summed E-state index contributed by atoms with van der Waals surface area (Å²) in [5.41, 5.74) is 0.208. The maximum absolute atomic E-state index is 12.7. The number of amides is 1. The topological polar surface area (TPSA) is 196 Å². The number of carbonyl (C=O) groups excluding carboxylic acids is 1. The van der Waals surface area contributed by atoms with Crippen LogP contribution in [-0.4, -0.2) is 87.3 Å². The molecule has 0 aliphatic carbocycles. The molecule has 0 fully saturated rings. The molecule has 1 aromatic carbocycles. The van der Waals surface area contributed by atoms with Gasteiger partial charge >= 0.3 is 5.97 Å². The Kier molecular flexibility index (Phi) is 8.03. The lowest BCUT2D eigenvalue weighted by molar-refractivity contribution is -0.147. The number of rotatable bonds is 9. The van der Waals surface area contributed by atoms with Crippen molar-refractivity contribution in [3.05, 3.63) is 29.7 Å². The lowest BCUT2D eigenvalue weighted by atomic mass is 9.91. The molecule has 36 heavy (non-hydrogen) atoms. The average Bonchev–Trinajstić information content (AvgIpc) is 3.26. The Morgan fingerprint density at radius 3 is 2.42 bits per heavy atom. The number of hydrogen-bond acceptors (Lipinski definition) is 10. The Hall–Kier alpha value is -3.86. The molecule has 1 amide bonds. The zero-order valence-corrected chi connectivity index (χ0v) is 20.1. The summed E-state index contributed by atoms with van der Waals surface area (Å²) in [7, 11) is 2.82. The molecule has 1 aliphatic rings. The molecule has 13 heteroatoms. The molecule has 0 bridgehead atoms. The predicted molar refractivity (Wildman–Crippen MR) is 123 cm³/mol. The molecule has 2 heterocycles. The molecular formula is C23H28N4O9.